The smallest absolute Gasteiger partial charge is 0.219 e. The zero-order valence-electron chi connectivity index (χ0n) is 13.0. The molecule has 3 N–H and O–H groups in total. The van der Waals surface area contributed by atoms with Crippen molar-refractivity contribution in [2.75, 3.05) is 13.1 Å². The van der Waals surface area contributed by atoms with Crippen LogP contribution < -0.4 is 5.32 Å². The Bertz CT molecular complexity index is 742. The van der Waals surface area contributed by atoms with Gasteiger partial charge in [-0.05, 0) is 18.9 Å². The van der Waals surface area contributed by atoms with Gasteiger partial charge in [-0.2, -0.15) is 5.10 Å². The number of H-pyrrole nitrogens is 1. The molecule has 0 bridgehead atoms. The highest BCUT2D eigenvalue weighted by Gasteiger charge is 2.19. The molecule has 0 aliphatic carbocycles. The van der Waals surface area contributed by atoms with E-state index in [1.165, 1.54) is 6.21 Å². The van der Waals surface area contributed by atoms with Crippen molar-refractivity contribution in [1.29, 1.82) is 5.41 Å². The quantitative estimate of drug-likeness (QED) is 0.746. The summed E-state index contributed by atoms with van der Waals surface area (Å²) < 4.78 is 0. The van der Waals surface area contributed by atoms with Crippen molar-refractivity contribution in [1.82, 2.24) is 25.4 Å². The highest BCUT2D eigenvalue weighted by atomic mass is 16.2. The molecule has 0 unspecified atom stereocenters. The molecule has 0 saturated carbocycles. The Labute approximate surface area is 134 Å². The first-order valence-electron chi connectivity index (χ1n) is 7.69. The molecule has 1 saturated heterocycles. The summed E-state index contributed by atoms with van der Waals surface area (Å²) in [6.45, 7) is 3.17. The van der Waals surface area contributed by atoms with Crippen molar-refractivity contribution < 1.29 is 4.79 Å². The average molecular weight is 312 g/mol. The fourth-order valence-electron chi connectivity index (χ4n) is 2.77. The van der Waals surface area contributed by atoms with Gasteiger partial charge in [0.05, 0.1) is 11.7 Å². The van der Waals surface area contributed by atoms with Gasteiger partial charge in [-0.1, -0.05) is 0 Å². The number of aromatic nitrogens is 3. The number of allylic oxidation sites excluding steroid dienone is 1. The molecule has 1 aliphatic rings. The van der Waals surface area contributed by atoms with Gasteiger partial charge in [0.15, 0.2) is 0 Å². The van der Waals surface area contributed by atoms with Crippen LogP contribution in [0.5, 0.6) is 0 Å². The predicted molar refractivity (Wildman–Crippen MR) is 89.1 cm³/mol. The molecule has 1 fully saturated rings. The van der Waals surface area contributed by atoms with Gasteiger partial charge in [-0.25, -0.2) is 0 Å². The standard InChI is InChI=1S/C16H20N6O/c1-11(23)22-4-2-14(3-5-22)18-9-13(7-17)12-6-15-16(19-8-12)10-20-21-15/h6-10,14,17-18H,2-5H2,1H3,(H,20,21)/b13-9+,17-7?. The Hall–Kier alpha value is -2.70. The van der Waals surface area contributed by atoms with E-state index >= 15 is 0 Å². The molecule has 1 aliphatic heterocycles. The van der Waals surface area contributed by atoms with E-state index < -0.39 is 0 Å². The van der Waals surface area contributed by atoms with E-state index in [1.807, 2.05) is 17.2 Å². The van der Waals surface area contributed by atoms with Crippen LogP contribution in [-0.2, 0) is 4.79 Å². The number of fused-ring (bicyclic) bond motifs is 1. The van der Waals surface area contributed by atoms with E-state index in [-0.39, 0.29) is 5.91 Å². The summed E-state index contributed by atoms with van der Waals surface area (Å²) in [5.74, 6) is 0.137. The average Bonchev–Trinajstić information content (AvgIpc) is 3.03. The summed E-state index contributed by atoms with van der Waals surface area (Å²) in [4.78, 5) is 17.5. The van der Waals surface area contributed by atoms with Gasteiger partial charge >= 0.3 is 0 Å². The number of carbonyl (C=O) groups is 1. The minimum absolute atomic E-state index is 0.137. The van der Waals surface area contributed by atoms with Gasteiger partial charge in [0.2, 0.25) is 5.91 Å². The minimum Gasteiger partial charge on any atom is -0.387 e. The molecule has 3 heterocycles. The van der Waals surface area contributed by atoms with E-state index in [0.29, 0.717) is 6.04 Å². The first-order chi connectivity index (χ1) is 11.2. The molecule has 1 amide bonds. The second kappa shape index (κ2) is 6.60. The number of likely N-dealkylation sites (tertiary alicyclic amines) is 1. The summed E-state index contributed by atoms with van der Waals surface area (Å²) in [5.41, 5.74) is 3.29. The fraction of sp³-hybridized carbons (Fsp3) is 0.375. The molecular weight excluding hydrogens is 292 g/mol. The molecular formula is C16H20N6O. The van der Waals surface area contributed by atoms with Crippen LogP contribution in [0.4, 0.5) is 0 Å². The molecule has 0 radical (unpaired) electrons. The Balaban J connectivity index is 1.67. The lowest BCUT2D eigenvalue weighted by atomic mass is 10.0. The van der Waals surface area contributed by atoms with Crippen molar-refractivity contribution in [3.8, 4) is 0 Å². The summed E-state index contributed by atoms with van der Waals surface area (Å²) in [7, 11) is 0. The topological polar surface area (TPSA) is 97.8 Å². The number of hydrogen-bond donors (Lipinski definition) is 3. The van der Waals surface area contributed by atoms with Crippen LogP contribution in [-0.4, -0.2) is 51.3 Å². The van der Waals surface area contributed by atoms with Gasteiger partial charge in [-0.3, -0.25) is 14.9 Å². The first-order valence-corrected chi connectivity index (χ1v) is 7.69. The molecule has 0 spiro atoms. The van der Waals surface area contributed by atoms with Gasteiger partial charge in [0.1, 0.15) is 5.52 Å². The van der Waals surface area contributed by atoms with E-state index in [1.54, 1.807) is 19.3 Å². The van der Waals surface area contributed by atoms with Crippen LogP contribution in [0, 0.1) is 5.41 Å². The SMILES string of the molecule is CC(=O)N1CCC(N/C=C(\C=N)c2cnc3cn[nH]c3c2)CC1. The Morgan fingerprint density at radius 1 is 1.43 bits per heavy atom. The third-order valence-corrected chi connectivity index (χ3v) is 4.19. The van der Waals surface area contributed by atoms with Gasteiger partial charge < -0.3 is 15.6 Å². The van der Waals surface area contributed by atoms with Crippen molar-refractivity contribution in [3.63, 3.8) is 0 Å². The zero-order valence-corrected chi connectivity index (χ0v) is 13.0. The van der Waals surface area contributed by atoms with Gasteiger partial charge in [0.25, 0.3) is 0 Å². The number of amides is 1. The highest BCUT2D eigenvalue weighted by Crippen LogP contribution is 2.17. The zero-order chi connectivity index (χ0) is 16.2. The number of pyridine rings is 1. The Morgan fingerprint density at radius 2 is 2.22 bits per heavy atom. The van der Waals surface area contributed by atoms with Crippen molar-refractivity contribution >= 4 is 28.7 Å². The molecule has 0 atom stereocenters. The largest absolute Gasteiger partial charge is 0.387 e. The van der Waals surface area contributed by atoms with Crippen LogP contribution in [0.3, 0.4) is 0 Å². The summed E-state index contributed by atoms with van der Waals surface area (Å²) >= 11 is 0. The number of hydrogen-bond acceptors (Lipinski definition) is 5. The maximum Gasteiger partial charge on any atom is 0.219 e. The first kappa shape index (κ1) is 15.2. The van der Waals surface area contributed by atoms with Crippen LogP contribution >= 0.6 is 0 Å². The molecule has 2 aromatic heterocycles. The van der Waals surface area contributed by atoms with Crippen LogP contribution in [0.1, 0.15) is 25.3 Å². The lowest BCUT2D eigenvalue weighted by Gasteiger charge is -2.31. The number of nitrogens with zero attached hydrogens (tertiary/aromatic N) is 3. The number of rotatable bonds is 4. The summed E-state index contributed by atoms with van der Waals surface area (Å²) in [6, 6.07) is 2.26. The van der Waals surface area contributed by atoms with Gasteiger partial charge in [-0.15, -0.1) is 0 Å². The number of carbonyl (C=O) groups excluding carboxylic acids is 1. The third-order valence-electron chi connectivity index (χ3n) is 4.19. The lowest BCUT2D eigenvalue weighted by Crippen LogP contribution is -2.42. The second-order valence-electron chi connectivity index (χ2n) is 5.72. The number of nitrogens with one attached hydrogen (secondary N) is 3. The Morgan fingerprint density at radius 3 is 2.91 bits per heavy atom. The number of piperidine rings is 1. The van der Waals surface area contributed by atoms with Gasteiger partial charge in [0, 0.05) is 55.8 Å². The number of aromatic amines is 1. The van der Waals surface area contributed by atoms with Crippen molar-refractivity contribution in [2.45, 2.75) is 25.8 Å². The molecule has 2 aromatic rings. The maximum absolute atomic E-state index is 11.3. The van der Waals surface area contributed by atoms with E-state index in [4.69, 9.17) is 5.41 Å². The normalized spacial score (nSPS) is 16.6. The van der Waals surface area contributed by atoms with Crippen LogP contribution in [0.25, 0.3) is 16.6 Å². The monoisotopic (exact) mass is 312 g/mol. The van der Waals surface area contributed by atoms with Crippen LogP contribution in [0.15, 0.2) is 24.7 Å². The van der Waals surface area contributed by atoms with Crippen molar-refractivity contribution in [3.05, 3.63) is 30.2 Å². The lowest BCUT2D eigenvalue weighted by molar-refractivity contribution is -0.129. The third kappa shape index (κ3) is 3.39. The molecule has 3 rings (SSSR count). The van der Waals surface area contributed by atoms with E-state index in [0.717, 1.165) is 48.1 Å². The highest BCUT2D eigenvalue weighted by molar-refractivity contribution is 6.08. The fourth-order valence-corrected chi connectivity index (χ4v) is 2.77. The van der Waals surface area contributed by atoms with E-state index in [2.05, 4.69) is 20.5 Å². The van der Waals surface area contributed by atoms with Crippen LogP contribution in [0.2, 0.25) is 0 Å². The summed E-state index contributed by atoms with van der Waals surface area (Å²) in [6.07, 6.45) is 8.43. The maximum atomic E-state index is 11.3. The summed E-state index contributed by atoms with van der Waals surface area (Å²) in [5, 5.41) is 17.8. The molecule has 7 heteroatoms. The molecule has 120 valence electrons. The predicted octanol–water partition coefficient (Wildman–Crippen LogP) is 1.55. The molecule has 7 nitrogen and oxygen atoms in total. The minimum atomic E-state index is 0.137. The molecule has 0 aromatic carbocycles. The van der Waals surface area contributed by atoms with Crippen molar-refractivity contribution in [2.24, 2.45) is 0 Å². The molecule has 23 heavy (non-hydrogen) atoms. The van der Waals surface area contributed by atoms with E-state index in [9.17, 15) is 4.79 Å². The second-order valence-corrected chi connectivity index (χ2v) is 5.72. The Kier molecular flexibility index (Phi) is 4.36.